The van der Waals surface area contributed by atoms with Gasteiger partial charge >= 0.3 is 0 Å². The standard InChI is InChI=1S/C18H20N2O4/c1-4-24-14-7-5-13(6-8-14)12-19-20-18(21)16-10-9-15(22-2)11-17(16)23-3/h5-12H,4H2,1-3H3,(H,20,21). The zero-order valence-electron chi connectivity index (χ0n) is 13.9. The first-order valence-corrected chi connectivity index (χ1v) is 7.46. The number of hydrogen-bond acceptors (Lipinski definition) is 5. The summed E-state index contributed by atoms with van der Waals surface area (Å²) in [6, 6.07) is 12.4. The smallest absolute Gasteiger partial charge is 0.275 e. The Bertz CT molecular complexity index is 711. The Morgan fingerprint density at radius 1 is 1.08 bits per heavy atom. The minimum Gasteiger partial charge on any atom is -0.497 e. The molecule has 2 aromatic rings. The molecule has 2 rings (SSSR count). The van der Waals surface area contributed by atoms with E-state index in [1.54, 1.807) is 31.5 Å². The molecule has 0 saturated carbocycles. The van der Waals surface area contributed by atoms with Gasteiger partial charge in [0.25, 0.3) is 5.91 Å². The van der Waals surface area contributed by atoms with Crippen LogP contribution in [0.5, 0.6) is 17.2 Å². The number of methoxy groups -OCH3 is 2. The summed E-state index contributed by atoms with van der Waals surface area (Å²) >= 11 is 0. The Morgan fingerprint density at radius 3 is 2.42 bits per heavy atom. The second-order valence-electron chi connectivity index (χ2n) is 4.77. The molecule has 6 heteroatoms. The molecule has 0 atom stereocenters. The monoisotopic (exact) mass is 328 g/mol. The van der Waals surface area contributed by atoms with Crippen LogP contribution in [0, 0.1) is 0 Å². The quantitative estimate of drug-likeness (QED) is 0.627. The van der Waals surface area contributed by atoms with Crippen LogP contribution in [-0.4, -0.2) is 32.9 Å². The van der Waals surface area contributed by atoms with Crippen molar-refractivity contribution < 1.29 is 19.0 Å². The van der Waals surface area contributed by atoms with Crippen LogP contribution in [0.4, 0.5) is 0 Å². The molecule has 0 aliphatic heterocycles. The van der Waals surface area contributed by atoms with E-state index in [9.17, 15) is 4.79 Å². The first kappa shape index (κ1) is 17.3. The average molecular weight is 328 g/mol. The maximum Gasteiger partial charge on any atom is 0.275 e. The Hall–Kier alpha value is -3.02. The average Bonchev–Trinajstić information content (AvgIpc) is 2.62. The van der Waals surface area contributed by atoms with Crippen LogP contribution in [0.1, 0.15) is 22.8 Å². The van der Waals surface area contributed by atoms with Gasteiger partial charge in [0.15, 0.2) is 0 Å². The molecule has 0 bridgehead atoms. The molecule has 0 aliphatic carbocycles. The lowest BCUT2D eigenvalue weighted by atomic mass is 10.2. The minimum atomic E-state index is -0.364. The fourth-order valence-corrected chi connectivity index (χ4v) is 2.03. The van der Waals surface area contributed by atoms with E-state index in [0.717, 1.165) is 11.3 Å². The van der Waals surface area contributed by atoms with Crippen molar-refractivity contribution in [3.05, 3.63) is 53.6 Å². The number of carbonyl (C=O) groups is 1. The normalized spacial score (nSPS) is 10.5. The van der Waals surface area contributed by atoms with E-state index in [1.807, 2.05) is 31.2 Å². The lowest BCUT2D eigenvalue weighted by Gasteiger charge is -2.08. The van der Waals surface area contributed by atoms with Gasteiger partial charge in [0.2, 0.25) is 0 Å². The molecule has 6 nitrogen and oxygen atoms in total. The molecule has 0 fully saturated rings. The molecule has 0 saturated heterocycles. The summed E-state index contributed by atoms with van der Waals surface area (Å²) < 4.78 is 15.7. The molecule has 0 radical (unpaired) electrons. The third-order valence-corrected chi connectivity index (χ3v) is 3.22. The second kappa shape index (κ2) is 8.57. The molecule has 0 aliphatic rings. The number of nitrogens with one attached hydrogen (secondary N) is 1. The fraction of sp³-hybridized carbons (Fsp3) is 0.222. The summed E-state index contributed by atoms with van der Waals surface area (Å²) in [6.45, 7) is 2.55. The van der Waals surface area contributed by atoms with E-state index in [1.165, 1.54) is 7.11 Å². The third-order valence-electron chi connectivity index (χ3n) is 3.22. The van der Waals surface area contributed by atoms with E-state index in [2.05, 4.69) is 10.5 Å². The van der Waals surface area contributed by atoms with Crippen molar-refractivity contribution in [2.24, 2.45) is 5.10 Å². The highest BCUT2D eigenvalue weighted by Gasteiger charge is 2.12. The van der Waals surface area contributed by atoms with Crippen LogP contribution in [0.2, 0.25) is 0 Å². The number of carbonyl (C=O) groups excluding carboxylic acids is 1. The summed E-state index contributed by atoms with van der Waals surface area (Å²) in [5.74, 6) is 1.46. The Kier molecular flexibility index (Phi) is 6.19. The summed E-state index contributed by atoms with van der Waals surface area (Å²) in [4.78, 5) is 12.2. The molecule has 0 unspecified atom stereocenters. The van der Waals surface area contributed by atoms with Crippen LogP contribution in [0.3, 0.4) is 0 Å². The summed E-state index contributed by atoms with van der Waals surface area (Å²) in [6.07, 6.45) is 1.56. The summed E-state index contributed by atoms with van der Waals surface area (Å²) in [5.41, 5.74) is 3.70. The number of ether oxygens (including phenoxy) is 3. The predicted molar refractivity (Wildman–Crippen MR) is 92.2 cm³/mol. The van der Waals surface area contributed by atoms with Gasteiger partial charge in [0.05, 0.1) is 32.6 Å². The van der Waals surface area contributed by atoms with Gasteiger partial charge in [-0.3, -0.25) is 4.79 Å². The van der Waals surface area contributed by atoms with Gasteiger partial charge < -0.3 is 14.2 Å². The SMILES string of the molecule is CCOc1ccc(C=NNC(=O)c2ccc(OC)cc2OC)cc1. The maximum atomic E-state index is 12.2. The molecular formula is C18H20N2O4. The Morgan fingerprint density at radius 2 is 1.79 bits per heavy atom. The van der Waals surface area contributed by atoms with Crippen molar-refractivity contribution in [3.8, 4) is 17.2 Å². The molecule has 0 spiro atoms. The molecule has 2 aromatic carbocycles. The van der Waals surface area contributed by atoms with Crippen LogP contribution in [0.25, 0.3) is 0 Å². The first-order valence-electron chi connectivity index (χ1n) is 7.46. The number of hydrazone groups is 1. The largest absolute Gasteiger partial charge is 0.497 e. The number of benzene rings is 2. The fourth-order valence-electron chi connectivity index (χ4n) is 2.03. The predicted octanol–water partition coefficient (Wildman–Crippen LogP) is 2.87. The molecule has 1 N–H and O–H groups in total. The minimum absolute atomic E-state index is 0.364. The zero-order chi connectivity index (χ0) is 17.4. The van der Waals surface area contributed by atoms with E-state index < -0.39 is 0 Å². The van der Waals surface area contributed by atoms with Gasteiger partial charge in [-0.05, 0) is 48.9 Å². The molecule has 1 amide bonds. The van der Waals surface area contributed by atoms with Crippen LogP contribution in [-0.2, 0) is 0 Å². The lowest BCUT2D eigenvalue weighted by molar-refractivity contribution is 0.0952. The van der Waals surface area contributed by atoms with Crippen molar-refractivity contribution >= 4 is 12.1 Å². The van der Waals surface area contributed by atoms with Gasteiger partial charge in [-0.1, -0.05) is 0 Å². The number of hydrogen-bond donors (Lipinski definition) is 1. The van der Waals surface area contributed by atoms with Crippen LogP contribution in [0.15, 0.2) is 47.6 Å². The number of rotatable bonds is 7. The highest BCUT2D eigenvalue weighted by Crippen LogP contribution is 2.24. The molecule has 126 valence electrons. The molecule has 0 heterocycles. The highest BCUT2D eigenvalue weighted by atomic mass is 16.5. The lowest BCUT2D eigenvalue weighted by Crippen LogP contribution is -2.18. The van der Waals surface area contributed by atoms with Gasteiger partial charge in [0, 0.05) is 6.07 Å². The van der Waals surface area contributed by atoms with Crippen molar-refractivity contribution in [1.82, 2.24) is 5.43 Å². The van der Waals surface area contributed by atoms with Gasteiger partial charge in [-0.2, -0.15) is 5.10 Å². The third kappa shape index (κ3) is 4.49. The molecule has 24 heavy (non-hydrogen) atoms. The number of nitrogens with zero attached hydrogens (tertiary/aromatic N) is 1. The summed E-state index contributed by atoms with van der Waals surface area (Å²) in [5, 5.41) is 3.96. The summed E-state index contributed by atoms with van der Waals surface area (Å²) in [7, 11) is 3.05. The van der Waals surface area contributed by atoms with Crippen molar-refractivity contribution in [1.29, 1.82) is 0 Å². The van der Waals surface area contributed by atoms with Gasteiger partial charge in [0.1, 0.15) is 17.2 Å². The topological polar surface area (TPSA) is 69.2 Å². The number of amides is 1. The van der Waals surface area contributed by atoms with E-state index >= 15 is 0 Å². The van der Waals surface area contributed by atoms with Crippen molar-refractivity contribution in [3.63, 3.8) is 0 Å². The molecule has 0 aromatic heterocycles. The zero-order valence-corrected chi connectivity index (χ0v) is 13.9. The van der Waals surface area contributed by atoms with E-state index in [0.29, 0.717) is 23.7 Å². The van der Waals surface area contributed by atoms with Gasteiger partial charge in [-0.15, -0.1) is 0 Å². The first-order chi connectivity index (χ1) is 11.7. The van der Waals surface area contributed by atoms with E-state index in [4.69, 9.17) is 14.2 Å². The van der Waals surface area contributed by atoms with Crippen molar-refractivity contribution in [2.75, 3.05) is 20.8 Å². The van der Waals surface area contributed by atoms with Crippen molar-refractivity contribution in [2.45, 2.75) is 6.92 Å². The van der Waals surface area contributed by atoms with Crippen LogP contribution < -0.4 is 19.6 Å². The van der Waals surface area contributed by atoms with Crippen LogP contribution >= 0.6 is 0 Å². The highest BCUT2D eigenvalue weighted by molar-refractivity contribution is 5.97. The second-order valence-corrected chi connectivity index (χ2v) is 4.77. The van der Waals surface area contributed by atoms with Gasteiger partial charge in [-0.25, -0.2) is 5.43 Å². The Balaban J connectivity index is 2.02. The van der Waals surface area contributed by atoms with E-state index in [-0.39, 0.29) is 5.91 Å². The molecular weight excluding hydrogens is 308 g/mol. The maximum absolute atomic E-state index is 12.2. The Labute approximate surface area is 141 Å².